The maximum Gasteiger partial charge on any atom is 0.310 e. The highest BCUT2D eigenvalue weighted by atomic mass is 35.5. The van der Waals surface area contributed by atoms with Gasteiger partial charge in [0.25, 0.3) is 6.43 Å². The molecule has 0 spiro atoms. The molecule has 0 amide bonds. The number of carbonyl (C=O) groups is 1. The van der Waals surface area contributed by atoms with E-state index in [1.807, 2.05) is 0 Å². The standard InChI is InChI=1S/C10H9Cl2F2NO2/c1-17-9(16)2-5-6(12)3-7(10(13)14)15-8(5)4-11/h3,10H,2,4H2,1H3. The molecular weight excluding hydrogens is 275 g/mol. The molecule has 3 nitrogen and oxygen atoms in total. The van der Waals surface area contributed by atoms with Crippen molar-refractivity contribution in [2.24, 2.45) is 0 Å². The third-order valence-corrected chi connectivity index (χ3v) is 2.66. The zero-order chi connectivity index (χ0) is 13.0. The first kappa shape index (κ1) is 14.1. The highest BCUT2D eigenvalue weighted by molar-refractivity contribution is 6.31. The second-order valence-electron chi connectivity index (χ2n) is 3.14. The van der Waals surface area contributed by atoms with Gasteiger partial charge in [-0.05, 0) is 6.07 Å². The summed E-state index contributed by atoms with van der Waals surface area (Å²) in [7, 11) is 1.22. The Bertz CT molecular complexity index is 427. The first-order chi connectivity index (χ1) is 7.99. The number of rotatable bonds is 4. The lowest BCUT2D eigenvalue weighted by Gasteiger charge is -2.10. The molecule has 17 heavy (non-hydrogen) atoms. The highest BCUT2D eigenvalue weighted by Gasteiger charge is 2.18. The summed E-state index contributed by atoms with van der Waals surface area (Å²) in [6, 6.07) is 1.03. The average molecular weight is 284 g/mol. The van der Waals surface area contributed by atoms with E-state index in [4.69, 9.17) is 23.2 Å². The molecule has 0 fully saturated rings. The molecule has 1 rings (SSSR count). The molecule has 0 aromatic carbocycles. The number of ether oxygens (including phenoxy) is 1. The first-order valence-corrected chi connectivity index (χ1v) is 5.50. The quantitative estimate of drug-likeness (QED) is 0.630. The van der Waals surface area contributed by atoms with Gasteiger partial charge < -0.3 is 4.74 Å². The number of halogens is 4. The number of methoxy groups -OCH3 is 1. The molecule has 0 aliphatic carbocycles. The van der Waals surface area contributed by atoms with Crippen molar-refractivity contribution >= 4 is 29.2 Å². The molecule has 0 N–H and O–H groups in total. The molecule has 1 heterocycles. The SMILES string of the molecule is COC(=O)Cc1c(Cl)cc(C(F)F)nc1CCl. The van der Waals surface area contributed by atoms with Crippen LogP contribution in [0.2, 0.25) is 5.02 Å². The molecule has 0 aliphatic rings. The molecule has 0 atom stereocenters. The van der Waals surface area contributed by atoms with Crippen molar-refractivity contribution in [2.75, 3.05) is 7.11 Å². The van der Waals surface area contributed by atoms with E-state index in [1.165, 1.54) is 7.11 Å². The van der Waals surface area contributed by atoms with Crippen LogP contribution in [0.5, 0.6) is 0 Å². The monoisotopic (exact) mass is 283 g/mol. The second kappa shape index (κ2) is 6.12. The normalized spacial score (nSPS) is 10.7. The fourth-order valence-electron chi connectivity index (χ4n) is 1.24. The van der Waals surface area contributed by atoms with Gasteiger partial charge in [0.2, 0.25) is 0 Å². The van der Waals surface area contributed by atoms with Gasteiger partial charge in [-0.3, -0.25) is 9.78 Å². The number of carbonyl (C=O) groups excluding carboxylic acids is 1. The minimum Gasteiger partial charge on any atom is -0.469 e. The Hall–Kier alpha value is -0.940. The zero-order valence-electron chi connectivity index (χ0n) is 8.84. The summed E-state index contributed by atoms with van der Waals surface area (Å²) in [5.41, 5.74) is 0.0250. The summed E-state index contributed by atoms with van der Waals surface area (Å²) in [6.45, 7) is 0. The molecular formula is C10H9Cl2F2NO2. The Morgan fingerprint density at radius 3 is 2.71 bits per heavy atom. The number of esters is 1. The fraction of sp³-hybridized carbons (Fsp3) is 0.400. The highest BCUT2D eigenvalue weighted by Crippen LogP contribution is 2.27. The van der Waals surface area contributed by atoms with E-state index in [9.17, 15) is 13.6 Å². The molecule has 0 bridgehead atoms. The van der Waals surface area contributed by atoms with Crippen LogP contribution in [0.15, 0.2) is 6.07 Å². The number of hydrogen-bond donors (Lipinski definition) is 0. The Morgan fingerprint density at radius 1 is 1.59 bits per heavy atom. The molecule has 1 aromatic rings. The lowest BCUT2D eigenvalue weighted by molar-refractivity contribution is -0.139. The van der Waals surface area contributed by atoms with Gasteiger partial charge in [-0.15, -0.1) is 11.6 Å². The number of alkyl halides is 3. The zero-order valence-corrected chi connectivity index (χ0v) is 10.4. The van der Waals surface area contributed by atoms with Crippen LogP contribution in [-0.4, -0.2) is 18.1 Å². The van der Waals surface area contributed by atoms with Crippen LogP contribution in [0.3, 0.4) is 0 Å². The lowest BCUT2D eigenvalue weighted by Crippen LogP contribution is -2.09. The number of hydrogen-bond acceptors (Lipinski definition) is 3. The van der Waals surface area contributed by atoms with Crippen LogP contribution >= 0.6 is 23.2 Å². The predicted octanol–water partition coefficient (Wildman–Crippen LogP) is 3.13. The van der Waals surface area contributed by atoms with Crippen molar-refractivity contribution in [3.05, 3.63) is 28.0 Å². The molecule has 0 unspecified atom stereocenters. The summed E-state index contributed by atoms with van der Waals surface area (Å²) in [5.74, 6) is -0.642. The minimum absolute atomic E-state index is 0.0383. The van der Waals surface area contributed by atoms with Crippen molar-refractivity contribution in [3.8, 4) is 0 Å². The molecule has 1 aromatic heterocycles. The third-order valence-electron chi connectivity index (χ3n) is 2.07. The molecule has 0 aliphatic heterocycles. The van der Waals surface area contributed by atoms with Crippen LogP contribution in [0, 0.1) is 0 Å². The lowest BCUT2D eigenvalue weighted by atomic mass is 10.1. The van der Waals surface area contributed by atoms with E-state index in [1.54, 1.807) is 0 Å². The van der Waals surface area contributed by atoms with E-state index < -0.39 is 18.1 Å². The van der Waals surface area contributed by atoms with Crippen molar-refractivity contribution in [2.45, 2.75) is 18.7 Å². The molecule has 0 saturated carbocycles. The molecule has 94 valence electrons. The topological polar surface area (TPSA) is 39.2 Å². The Kier molecular flexibility index (Phi) is 5.08. The van der Waals surface area contributed by atoms with Crippen LogP contribution in [0.4, 0.5) is 8.78 Å². The molecule has 0 saturated heterocycles. The smallest absolute Gasteiger partial charge is 0.310 e. The summed E-state index contributed by atoms with van der Waals surface area (Å²) >= 11 is 11.4. The van der Waals surface area contributed by atoms with E-state index in [2.05, 4.69) is 9.72 Å². The molecule has 0 radical (unpaired) electrons. The van der Waals surface area contributed by atoms with E-state index in [0.29, 0.717) is 5.56 Å². The average Bonchev–Trinajstić information content (AvgIpc) is 2.30. The van der Waals surface area contributed by atoms with E-state index >= 15 is 0 Å². The summed E-state index contributed by atoms with van der Waals surface area (Å²) in [6.07, 6.45) is -2.88. The van der Waals surface area contributed by atoms with Crippen molar-refractivity contribution in [1.82, 2.24) is 4.98 Å². The summed E-state index contributed by atoms with van der Waals surface area (Å²) < 4.78 is 29.4. The second-order valence-corrected chi connectivity index (χ2v) is 3.82. The maximum atomic E-state index is 12.5. The number of nitrogens with zero attached hydrogens (tertiary/aromatic N) is 1. The maximum absolute atomic E-state index is 12.5. The fourth-order valence-corrected chi connectivity index (χ4v) is 1.74. The van der Waals surface area contributed by atoms with Gasteiger partial charge in [0.1, 0.15) is 5.69 Å². The van der Waals surface area contributed by atoms with Crippen LogP contribution < -0.4 is 0 Å². The van der Waals surface area contributed by atoms with Crippen LogP contribution in [0.1, 0.15) is 23.4 Å². The van der Waals surface area contributed by atoms with Gasteiger partial charge in [0.15, 0.2) is 0 Å². The van der Waals surface area contributed by atoms with Gasteiger partial charge in [0, 0.05) is 10.6 Å². The van der Waals surface area contributed by atoms with Crippen LogP contribution in [0.25, 0.3) is 0 Å². The Labute approximate surface area is 107 Å². The Balaban J connectivity index is 3.16. The summed E-state index contributed by atoms with van der Waals surface area (Å²) in [4.78, 5) is 14.8. The van der Waals surface area contributed by atoms with Crippen molar-refractivity contribution < 1.29 is 18.3 Å². The van der Waals surface area contributed by atoms with E-state index in [0.717, 1.165) is 6.07 Å². The largest absolute Gasteiger partial charge is 0.469 e. The third kappa shape index (κ3) is 3.51. The van der Waals surface area contributed by atoms with Crippen molar-refractivity contribution in [1.29, 1.82) is 0 Å². The Morgan fingerprint density at radius 2 is 2.24 bits per heavy atom. The van der Waals surface area contributed by atoms with Gasteiger partial charge in [-0.2, -0.15) is 0 Å². The van der Waals surface area contributed by atoms with Gasteiger partial charge in [-0.25, -0.2) is 8.78 Å². The summed E-state index contributed by atoms with van der Waals surface area (Å²) in [5, 5.41) is 0.0383. The predicted molar refractivity (Wildman–Crippen MR) is 59.5 cm³/mol. The van der Waals surface area contributed by atoms with Crippen LogP contribution in [-0.2, 0) is 21.8 Å². The van der Waals surface area contributed by atoms with Gasteiger partial charge in [-0.1, -0.05) is 11.6 Å². The van der Waals surface area contributed by atoms with E-state index in [-0.39, 0.29) is 23.0 Å². The molecule has 7 heteroatoms. The van der Waals surface area contributed by atoms with Gasteiger partial charge >= 0.3 is 5.97 Å². The van der Waals surface area contributed by atoms with Crippen molar-refractivity contribution in [3.63, 3.8) is 0 Å². The number of pyridine rings is 1. The van der Waals surface area contributed by atoms with Gasteiger partial charge in [0.05, 0.1) is 25.1 Å². The number of aromatic nitrogens is 1. The first-order valence-electron chi connectivity index (χ1n) is 4.58. The minimum atomic E-state index is -2.73.